The van der Waals surface area contributed by atoms with Crippen molar-refractivity contribution >= 4 is 22.5 Å². The average molecular weight is 396 g/mol. The first kappa shape index (κ1) is 19.6. The molecule has 1 aromatic heterocycles. The lowest BCUT2D eigenvalue weighted by Gasteiger charge is -2.15. The van der Waals surface area contributed by atoms with Gasteiger partial charge in [-0.05, 0) is 56.2 Å². The molecule has 30 heavy (non-hydrogen) atoms. The van der Waals surface area contributed by atoms with Crippen LogP contribution in [0.3, 0.4) is 0 Å². The van der Waals surface area contributed by atoms with Crippen molar-refractivity contribution in [2.24, 2.45) is 0 Å². The summed E-state index contributed by atoms with van der Waals surface area (Å²) in [6, 6.07) is 21.4. The van der Waals surface area contributed by atoms with Gasteiger partial charge in [0.25, 0.3) is 5.91 Å². The Balaban J connectivity index is 1.82. The number of aryl methyl sites for hydroxylation is 3. The fourth-order valence-electron chi connectivity index (χ4n) is 3.85. The Kier molecular flexibility index (Phi) is 5.23. The number of methoxy groups -OCH3 is 1. The summed E-state index contributed by atoms with van der Waals surface area (Å²) in [5.74, 6) is 0.604. The third kappa shape index (κ3) is 3.77. The van der Waals surface area contributed by atoms with Gasteiger partial charge in [0.1, 0.15) is 5.75 Å². The van der Waals surface area contributed by atoms with Crippen LogP contribution in [0, 0.1) is 20.8 Å². The summed E-state index contributed by atoms with van der Waals surface area (Å²) < 4.78 is 5.35. The van der Waals surface area contributed by atoms with E-state index in [1.807, 2.05) is 68.4 Å². The van der Waals surface area contributed by atoms with Crippen molar-refractivity contribution in [3.8, 4) is 17.0 Å². The van der Waals surface area contributed by atoms with Gasteiger partial charge in [-0.3, -0.25) is 4.79 Å². The van der Waals surface area contributed by atoms with Gasteiger partial charge in [-0.25, -0.2) is 4.98 Å². The van der Waals surface area contributed by atoms with E-state index in [1.54, 1.807) is 7.11 Å². The summed E-state index contributed by atoms with van der Waals surface area (Å²) >= 11 is 0. The first-order chi connectivity index (χ1) is 14.5. The molecule has 0 radical (unpaired) electrons. The monoisotopic (exact) mass is 396 g/mol. The van der Waals surface area contributed by atoms with Crippen molar-refractivity contribution in [3.05, 3.63) is 89.0 Å². The molecule has 4 rings (SSSR count). The zero-order chi connectivity index (χ0) is 21.3. The van der Waals surface area contributed by atoms with Crippen LogP contribution in [0.15, 0.2) is 66.7 Å². The Bertz CT molecular complexity index is 1240. The fraction of sp³-hybridized carbons (Fsp3) is 0.154. The number of benzene rings is 3. The first-order valence-electron chi connectivity index (χ1n) is 9.89. The molecular weight excluding hydrogens is 372 g/mol. The van der Waals surface area contributed by atoms with Crippen molar-refractivity contribution < 1.29 is 9.53 Å². The molecule has 1 heterocycles. The molecule has 4 aromatic rings. The van der Waals surface area contributed by atoms with E-state index in [4.69, 9.17) is 9.72 Å². The van der Waals surface area contributed by atoms with E-state index in [1.165, 1.54) is 5.56 Å². The van der Waals surface area contributed by atoms with Crippen molar-refractivity contribution in [1.82, 2.24) is 4.98 Å². The molecule has 0 aliphatic rings. The number of fused-ring (bicyclic) bond motifs is 1. The number of nitrogens with one attached hydrogen (secondary N) is 1. The summed E-state index contributed by atoms with van der Waals surface area (Å²) in [4.78, 5) is 18.1. The Morgan fingerprint density at radius 3 is 2.37 bits per heavy atom. The van der Waals surface area contributed by atoms with E-state index in [9.17, 15) is 4.79 Å². The molecule has 0 aliphatic carbocycles. The number of rotatable bonds is 4. The van der Waals surface area contributed by atoms with Crippen molar-refractivity contribution in [2.75, 3.05) is 12.4 Å². The number of hydrogen-bond acceptors (Lipinski definition) is 3. The van der Waals surface area contributed by atoms with Gasteiger partial charge in [0, 0.05) is 16.6 Å². The largest absolute Gasteiger partial charge is 0.497 e. The van der Waals surface area contributed by atoms with E-state index in [0.717, 1.165) is 44.7 Å². The second-order valence-electron chi connectivity index (χ2n) is 7.53. The third-order valence-corrected chi connectivity index (χ3v) is 5.24. The van der Waals surface area contributed by atoms with Crippen LogP contribution in [0.4, 0.5) is 5.69 Å². The van der Waals surface area contributed by atoms with Gasteiger partial charge in [0.2, 0.25) is 0 Å². The van der Waals surface area contributed by atoms with Gasteiger partial charge in [-0.2, -0.15) is 0 Å². The topological polar surface area (TPSA) is 51.2 Å². The lowest BCUT2D eigenvalue weighted by atomic mass is 10.0. The number of anilines is 1. The molecule has 0 bridgehead atoms. The molecule has 1 amide bonds. The van der Waals surface area contributed by atoms with E-state index >= 15 is 0 Å². The Morgan fingerprint density at radius 1 is 0.900 bits per heavy atom. The normalized spacial score (nSPS) is 10.8. The summed E-state index contributed by atoms with van der Waals surface area (Å²) in [7, 11) is 1.64. The van der Waals surface area contributed by atoms with E-state index < -0.39 is 0 Å². The lowest BCUT2D eigenvalue weighted by molar-refractivity contribution is 0.102. The van der Waals surface area contributed by atoms with Gasteiger partial charge in [-0.1, -0.05) is 48.0 Å². The van der Waals surface area contributed by atoms with Crippen LogP contribution < -0.4 is 10.1 Å². The van der Waals surface area contributed by atoms with Crippen molar-refractivity contribution in [3.63, 3.8) is 0 Å². The molecule has 3 aromatic carbocycles. The van der Waals surface area contributed by atoms with Gasteiger partial charge in [0.05, 0.1) is 23.9 Å². The first-order valence-corrected chi connectivity index (χ1v) is 9.89. The van der Waals surface area contributed by atoms with E-state index in [2.05, 4.69) is 24.4 Å². The number of pyridine rings is 1. The number of para-hydroxylation sites is 1. The predicted octanol–water partition coefficient (Wildman–Crippen LogP) is 6.09. The molecule has 0 fully saturated rings. The maximum atomic E-state index is 13.4. The number of ether oxygens (including phenoxy) is 1. The van der Waals surface area contributed by atoms with Gasteiger partial charge >= 0.3 is 0 Å². The number of nitrogens with zero attached hydrogens (tertiary/aromatic N) is 1. The second-order valence-corrected chi connectivity index (χ2v) is 7.53. The minimum Gasteiger partial charge on any atom is -0.497 e. The average Bonchev–Trinajstić information content (AvgIpc) is 2.75. The van der Waals surface area contributed by atoms with Crippen molar-refractivity contribution in [2.45, 2.75) is 20.8 Å². The molecular formula is C26H24N2O2. The molecule has 0 unspecified atom stereocenters. The number of carbonyl (C=O) groups is 1. The Morgan fingerprint density at radius 2 is 1.63 bits per heavy atom. The molecule has 0 saturated carbocycles. The van der Waals surface area contributed by atoms with Crippen LogP contribution in [0.1, 0.15) is 27.0 Å². The molecule has 1 N–H and O–H groups in total. The minimum atomic E-state index is -0.146. The summed E-state index contributed by atoms with van der Waals surface area (Å²) in [5, 5.41) is 3.95. The van der Waals surface area contributed by atoms with Gasteiger partial charge in [-0.15, -0.1) is 0 Å². The van der Waals surface area contributed by atoms with Crippen LogP contribution in [0.25, 0.3) is 22.2 Å². The zero-order valence-electron chi connectivity index (χ0n) is 17.6. The zero-order valence-corrected chi connectivity index (χ0v) is 17.6. The van der Waals surface area contributed by atoms with Gasteiger partial charge < -0.3 is 10.1 Å². The third-order valence-electron chi connectivity index (χ3n) is 5.24. The molecule has 0 atom stereocenters. The molecule has 0 spiro atoms. The van der Waals surface area contributed by atoms with Gasteiger partial charge in [0.15, 0.2) is 0 Å². The van der Waals surface area contributed by atoms with E-state index in [-0.39, 0.29) is 5.91 Å². The molecule has 0 aliphatic heterocycles. The second kappa shape index (κ2) is 7.99. The van der Waals surface area contributed by atoms with Crippen LogP contribution in [0.2, 0.25) is 0 Å². The molecule has 4 heteroatoms. The van der Waals surface area contributed by atoms with Crippen LogP contribution in [-0.4, -0.2) is 18.0 Å². The highest BCUT2D eigenvalue weighted by molar-refractivity contribution is 6.13. The quantitative estimate of drug-likeness (QED) is 0.454. The Hall–Kier alpha value is -3.66. The number of aromatic nitrogens is 1. The maximum Gasteiger partial charge on any atom is 0.256 e. The molecule has 4 nitrogen and oxygen atoms in total. The lowest BCUT2D eigenvalue weighted by Crippen LogP contribution is -2.15. The van der Waals surface area contributed by atoms with Crippen LogP contribution in [-0.2, 0) is 0 Å². The number of carbonyl (C=O) groups excluding carboxylic acids is 1. The highest BCUT2D eigenvalue weighted by atomic mass is 16.5. The standard InChI is InChI=1S/C26H24N2O2/c1-16-12-17(2)25(18(3)13-16)28-26(29)22-15-24(19-8-7-9-20(14-19)30-4)27-23-11-6-5-10-21(22)23/h5-15H,1-4H3,(H,28,29). The van der Waals surface area contributed by atoms with E-state index in [0.29, 0.717) is 5.56 Å². The minimum absolute atomic E-state index is 0.146. The predicted molar refractivity (Wildman–Crippen MR) is 122 cm³/mol. The highest BCUT2D eigenvalue weighted by Crippen LogP contribution is 2.29. The van der Waals surface area contributed by atoms with Crippen molar-refractivity contribution in [1.29, 1.82) is 0 Å². The number of amides is 1. The SMILES string of the molecule is COc1cccc(-c2cc(C(=O)Nc3c(C)cc(C)cc3C)c3ccccc3n2)c1. The maximum absolute atomic E-state index is 13.4. The summed E-state index contributed by atoms with van der Waals surface area (Å²) in [6.45, 7) is 6.09. The fourth-order valence-corrected chi connectivity index (χ4v) is 3.85. The number of hydrogen-bond donors (Lipinski definition) is 1. The Labute approximate surface area is 176 Å². The molecule has 150 valence electrons. The van der Waals surface area contributed by atoms with Crippen LogP contribution >= 0.6 is 0 Å². The smallest absolute Gasteiger partial charge is 0.256 e. The molecule has 0 saturated heterocycles. The summed E-state index contributed by atoms with van der Waals surface area (Å²) in [6.07, 6.45) is 0. The summed E-state index contributed by atoms with van der Waals surface area (Å²) in [5.41, 5.74) is 7.14. The van der Waals surface area contributed by atoms with Crippen LogP contribution in [0.5, 0.6) is 5.75 Å². The highest BCUT2D eigenvalue weighted by Gasteiger charge is 2.16.